The van der Waals surface area contributed by atoms with E-state index in [1.54, 1.807) is 0 Å². The zero-order valence-electron chi connectivity index (χ0n) is 11.6. The van der Waals surface area contributed by atoms with Crippen molar-refractivity contribution in [3.8, 4) is 5.75 Å². The highest BCUT2D eigenvalue weighted by atomic mass is 16.5. The van der Waals surface area contributed by atoms with Crippen molar-refractivity contribution in [1.29, 1.82) is 0 Å². The normalized spacial score (nSPS) is 13.5. The van der Waals surface area contributed by atoms with E-state index >= 15 is 0 Å². The third kappa shape index (κ3) is 2.03. The van der Waals surface area contributed by atoms with Crippen molar-refractivity contribution in [1.82, 2.24) is 0 Å². The maximum Gasteiger partial charge on any atom is 0.292 e. The number of para-hydroxylation sites is 1. The highest BCUT2D eigenvalue weighted by Gasteiger charge is 2.22. The van der Waals surface area contributed by atoms with Crippen LogP contribution in [0.1, 0.15) is 22.3 Å². The van der Waals surface area contributed by atoms with Crippen molar-refractivity contribution in [3.63, 3.8) is 0 Å². The summed E-state index contributed by atoms with van der Waals surface area (Å²) in [6, 6.07) is 12.5. The molecule has 19 heavy (non-hydrogen) atoms. The van der Waals surface area contributed by atoms with Crippen molar-refractivity contribution in [2.24, 2.45) is 0 Å². The molecular weight excluding hydrogens is 234 g/mol. The molecule has 1 heterocycles. The Labute approximate surface area is 114 Å². The lowest BCUT2D eigenvalue weighted by atomic mass is 9.99. The van der Waals surface area contributed by atoms with Crippen molar-refractivity contribution in [2.45, 2.75) is 20.8 Å². The summed E-state index contributed by atoms with van der Waals surface area (Å²) in [6.45, 7) is 6.97. The maximum absolute atomic E-state index is 5.98. The van der Waals surface area contributed by atoms with Crippen LogP contribution in [0, 0.1) is 20.8 Å². The molecule has 2 nitrogen and oxygen atoms in total. The molecule has 0 fully saturated rings. The molecule has 0 atom stereocenters. The summed E-state index contributed by atoms with van der Waals surface area (Å²) in [6.07, 6.45) is 2.19. The van der Waals surface area contributed by atoms with Gasteiger partial charge in [-0.25, -0.2) is 0 Å². The first-order valence-corrected chi connectivity index (χ1v) is 6.57. The van der Waals surface area contributed by atoms with Gasteiger partial charge in [-0.1, -0.05) is 24.3 Å². The first-order chi connectivity index (χ1) is 9.16. The summed E-state index contributed by atoms with van der Waals surface area (Å²) in [5.74, 6) is 1.03. The van der Waals surface area contributed by atoms with Gasteiger partial charge in [-0.2, -0.15) is 4.58 Å². The van der Waals surface area contributed by atoms with E-state index in [0.29, 0.717) is 6.73 Å². The van der Waals surface area contributed by atoms with Crippen LogP contribution in [0.15, 0.2) is 36.4 Å². The molecule has 0 saturated carbocycles. The van der Waals surface area contributed by atoms with Gasteiger partial charge in [-0.3, -0.25) is 0 Å². The Hall–Kier alpha value is -2.09. The second-order valence-electron chi connectivity index (χ2n) is 5.09. The molecule has 0 spiro atoms. The van der Waals surface area contributed by atoms with Gasteiger partial charge in [0.25, 0.3) is 6.73 Å². The smallest absolute Gasteiger partial charge is 0.292 e. The Morgan fingerprint density at radius 1 is 1.00 bits per heavy atom. The molecular formula is C17H18NO+. The van der Waals surface area contributed by atoms with Gasteiger partial charge in [0.15, 0.2) is 6.21 Å². The summed E-state index contributed by atoms with van der Waals surface area (Å²) < 4.78 is 8.12. The van der Waals surface area contributed by atoms with Gasteiger partial charge in [0, 0.05) is 12.1 Å². The van der Waals surface area contributed by atoms with Crippen LogP contribution in [0.3, 0.4) is 0 Å². The Kier molecular flexibility index (Phi) is 2.86. The standard InChI is InChI=1S/C17H18NO/c1-12-9-13(2)16-10-18(11-19-17(16)14(12)3)15-7-5-4-6-8-15/h4-10H,11H2,1-3H3/q+1. The molecule has 96 valence electrons. The van der Waals surface area contributed by atoms with Gasteiger partial charge >= 0.3 is 0 Å². The molecule has 0 aliphatic carbocycles. The van der Waals surface area contributed by atoms with E-state index in [9.17, 15) is 0 Å². The monoisotopic (exact) mass is 252 g/mol. The van der Waals surface area contributed by atoms with Gasteiger partial charge in [0.2, 0.25) is 5.69 Å². The third-order valence-electron chi connectivity index (χ3n) is 3.76. The lowest BCUT2D eigenvalue weighted by Gasteiger charge is -2.18. The summed E-state index contributed by atoms with van der Waals surface area (Å²) in [4.78, 5) is 0. The topological polar surface area (TPSA) is 12.2 Å². The average Bonchev–Trinajstić information content (AvgIpc) is 2.45. The van der Waals surface area contributed by atoms with Crippen molar-refractivity contribution >= 4 is 11.9 Å². The average molecular weight is 252 g/mol. The molecule has 0 amide bonds. The van der Waals surface area contributed by atoms with Crippen molar-refractivity contribution < 1.29 is 9.31 Å². The van der Waals surface area contributed by atoms with Crippen LogP contribution in [0.2, 0.25) is 0 Å². The second-order valence-corrected chi connectivity index (χ2v) is 5.09. The molecule has 2 heteroatoms. The third-order valence-corrected chi connectivity index (χ3v) is 3.76. The molecule has 2 aromatic carbocycles. The minimum Gasteiger partial charge on any atom is -0.435 e. The SMILES string of the molecule is Cc1cc(C)c2c(c1C)OC[N+](c1ccccc1)=C2. The fourth-order valence-electron chi connectivity index (χ4n) is 2.51. The predicted octanol–water partition coefficient (Wildman–Crippen LogP) is 3.72. The summed E-state index contributed by atoms with van der Waals surface area (Å²) in [7, 11) is 0. The molecule has 3 rings (SSSR count). The van der Waals surface area contributed by atoms with Crippen molar-refractivity contribution in [3.05, 3.63) is 58.7 Å². The van der Waals surface area contributed by atoms with E-state index in [-0.39, 0.29) is 0 Å². The first kappa shape index (κ1) is 12.0. The predicted molar refractivity (Wildman–Crippen MR) is 77.7 cm³/mol. The minimum absolute atomic E-state index is 0.570. The van der Waals surface area contributed by atoms with Crippen LogP contribution in [-0.4, -0.2) is 17.5 Å². The Balaban J connectivity index is 2.14. The first-order valence-electron chi connectivity index (χ1n) is 6.57. The molecule has 2 aromatic rings. The van der Waals surface area contributed by atoms with Gasteiger partial charge in [-0.05, 0) is 37.5 Å². The van der Waals surface area contributed by atoms with Gasteiger partial charge in [0.05, 0.1) is 5.56 Å². The Morgan fingerprint density at radius 3 is 2.47 bits per heavy atom. The lowest BCUT2D eigenvalue weighted by Crippen LogP contribution is -2.22. The Morgan fingerprint density at radius 2 is 1.74 bits per heavy atom. The highest BCUT2D eigenvalue weighted by molar-refractivity contribution is 5.85. The van der Waals surface area contributed by atoms with Crippen LogP contribution in [0.25, 0.3) is 0 Å². The number of ether oxygens (including phenoxy) is 1. The number of hydrogen-bond donors (Lipinski definition) is 0. The molecule has 0 bridgehead atoms. The van der Waals surface area contributed by atoms with Crippen LogP contribution in [0.5, 0.6) is 5.75 Å². The molecule has 0 N–H and O–H groups in total. The van der Waals surface area contributed by atoms with Crippen LogP contribution < -0.4 is 4.74 Å². The summed E-state index contributed by atoms with van der Waals surface area (Å²) in [5.41, 5.74) is 6.14. The second kappa shape index (κ2) is 4.54. The van der Waals surface area contributed by atoms with Crippen LogP contribution in [-0.2, 0) is 0 Å². The number of aryl methyl sites for hydroxylation is 2. The molecule has 1 aliphatic rings. The Bertz CT molecular complexity index is 657. The number of nitrogens with zero attached hydrogens (tertiary/aromatic N) is 1. The number of benzene rings is 2. The summed E-state index contributed by atoms with van der Waals surface area (Å²) >= 11 is 0. The van der Waals surface area contributed by atoms with Gasteiger partial charge in [-0.15, -0.1) is 0 Å². The molecule has 0 radical (unpaired) electrons. The van der Waals surface area contributed by atoms with Crippen LogP contribution in [0.4, 0.5) is 5.69 Å². The highest BCUT2D eigenvalue weighted by Crippen LogP contribution is 2.31. The van der Waals surface area contributed by atoms with Crippen molar-refractivity contribution in [2.75, 3.05) is 6.73 Å². The largest absolute Gasteiger partial charge is 0.435 e. The molecule has 0 unspecified atom stereocenters. The number of fused-ring (bicyclic) bond motifs is 1. The summed E-state index contributed by atoms with van der Waals surface area (Å²) in [5, 5.41) is 0. The van der Waals surface area contributed by atoms with E-state index in [0.717, 1.165) is 11.4 Å². The molecule has 0 saturated heterocycles. The van der Waals surface area contributed by atoms with E-state index in [2.05, 4.69) is 49.8 Å². The van der Waals surface area contributed by atoms with Gasteiger partial charge in [0.1, 0.15) is 5.75 Å². The number of rotatable bonds is 1. The minimum atomic E-state index is 0.570. The molecule has 0 aromatic heterocycles. The number of hydrogen-bond acceptors (Lipinski definition) is 1. The van der Waals surface area contributed by atoms with E-state index in [1.807, 2.05) is 18.2 Å². The fourth-order valence-corrected chi connectivity index (χ4v) is 2.51. The zero-order valence-corrected chi connectivity index (χ0v) is 11.6. The zero-order chi connectivity index (χ0) is 13.4. The fraction of sp³-hybridized carbons (Fsp3) is 0.235. The maximum atomic E-state index is 5.98. The van der Waals surface area contributed by atoms with E-state index in [4.69, 9.17) is 4.74 Å². The van der Waals surface area contributed by atoms with Crippen LogP contribution >= 0.6 is 0 Å². The lowest BCUT2D eigenvalue weighted by molar-refractivity contribution is -0.476. The molecule has 1 aliphatic heterocycles. The van der Waals surface area contributed by atoms with E-state index < -0.39 is 0 Å². The quantitative estimate of drug-likeness (QED) is 0.704. The van der Waals surface area contributed by atoms with E-state index in [1.165, 1.54) is 22.3 Å². The van der Waals surface area contributed by atoms with Gasteiger partial charge < -0.3 is 4.74 Å².